The summed E-state index contributed by atoms with van der Waals surface area (Å²) in [7, 11) is 0. The van der Waals surface area contributed by atoms with Crippen LogP contribution in [0.25, 0.3) is 6.08 Å². The first kappa shape index (κ1) is 25.9. The topological polar surface area (TPSA) is 71.3 Å². The molecular weight excluding hydrogens is 563 g/mol. The highest BCUT2D eigenvalue weighted by molar-refractivity contribution is 9.10. The average Bonchev–Trinajstić information content (AvgIpc) is 2.79. The molecular formula is C25H18BrCl3N2O3. The molecule has 0 aliphatic rings. The van der Waals surface area contributed by atoms with Crippen LogP contribution in [-0.2, 0) is 11.4 Å². The second kappa shape index (κ2) is 12.1. The normalized spacial score (nSPS) is 11.0. The van der Waals surface area contributed by atoms with Crippen LogP contribution in [0.15, 0.2) is 64.6 Å². The number of amides is 1. The van der Waals surface area contributed by atoms with Gasteiger partial charge in [0, 0.05) is 25.8 Å². The fourth-order valence-corrected chi connectivity index (χ4v) is 3.91. The van der Waals surface area contributed by atoms with E-state index in [-0.39, 0.29) is 17.2 Å². The van der Waals surface area contributed by atoms with Crippen molar-refractivity contribution < 1.29 is 14.3 Å². The van der Waals surface area contributed by atoms with Gasteiger partial charge in [0.2, 0.25) is 0 Å². The second-order valence-corrected chi connectivity index (χ2v) is 9.08. The molecule has 0 heterocycles. The minimum atomic E-state index is -0.545. The molecule has 0 spiro atoms. The van der Waals surface area contributed by atoms with Crippen molar-refractivity contribution in [2.24, 2.45) is 0 Å². The molecule has 3 aromatic carbocycles. The Labute approximate surface area is 221 Å². The molecule has 1 N–H and O–H groups in total. The van der Waals surface area contributed by atoms with Gasteiger partial charge in [-0.3, -0.25) is 4.79 Å². The lowest BCUT2D eigenvalue weighted by Crippen LogP contribution is -2.13. The van der Waals surface area contributed by atoms with Crippen molar-refractivity contribution in [3.8, 4) is 17.6 Å². The fraction of sp³-hybridized carbons (Fsp3) is 0.120. The molecule has 0 saturated carbocycles. The number of carbonyl (C=O) groups is 1. The van der Waals surface area contributed by atoms with Crippen LogP contribution in [0.1, 0.15) is 18.1 Å². The first-order valence-electron chi connectivity index (χ1n) is 10.0. The second-order valence-electron chi connectivity index (χ2n) is 6.92. The first-order valence-corrected chi connectivity index (χ1v) is 11.9. The maximum atomic E-state index is 12.6. The van der Waals surface area contributed by atoms with Crippen LogP contribution in [0, 0.1) is 11.3 Å². The molecule has 0 saturated heterocycles. The molecule has 9 heteroatoms. The van der Waals surface area contributed by atoms with E-state index in [9.17, 15) is 10.1 Å². The Hall–Kier alpha value is -2.69. The van der Waals surface area contributed by atoms with Gasteiger partial charge in [-0.1, -0.05) is 56.8 Å². The molecule has 0 radical (unpaired) electrons. The summed E-state index contributed by atoms with van der Waals surface area (Å²) < 4.78 is 12.5. The number of rotatable bonds is 8. The Kier molecular flexibility index (Phi) is 9.26. The number of ether oxygens (including phenoxy) is 2. The van der Waals surface area contributed by atoms with E-state index in [2.05, 4.69) is 21.2 Å². The molecule has 174 valence electrons. The van der Waals surface area contributed by atoms with Crippen LogP contribution in [0.5, 0.6) is 11.5 Å². The minimum absolute atomic E-state index is 0.0944. The maximum Gasteiger partial charge on any atom is 0.266 e. The molecule has 34 heavy (non-hydrogen) atoms. The zero-order valence-corrected chi connectivity index (χ0v) is 21.7. The van der Waals surface area contributed by atoms with Crippen LogP contribution in [0.3, 0.4) is 0 Å². The van der Waals surface area contributed by atoms with Gasteiger partial charge >= 0.3 is 0 Å². The Morgan fingerprint density at radius 3 is 2.44 bits per heavy atom. The number of nitrogens with one attached hydrogen (secondary N) is 1. The van der Waals surface area contributed by atoms with Crippen molar-refractivity contribution in [2.75, 3.05) is 11.9 Å². The number of hydrogen-bond acceptors (Lipinski definition) is 4. The van der Waals surface area contributed by atoms with Crippen molar-refractivity contribution >= 4 is 68.4 Å². The number of hydrogen-bond donors (Lipinski definition) is 1. The van der Waals surface area contributed by atoms with E-state index in [0.29, 0.717) is 39.4 Å². The zero-order valence-electron chi connectivity index (χ0n) is 17.9. The van der Waals surface area contributed by atoms with Crippen molar-refractivity contribution in [3.63, 3.8) is 0 Å². The average molecular weight is 581 g/mol. The lowest BCUT2D eigenvalue weighted by Gasteiger charge is -2.15. The SMILES string of the molecule is CCOc1cc(/C=C(\C#N)C(=O)Nc2ccc(Br)cc2)cc(Cl)c1OCc1ccc(Cl)cc1Cl. The molecule has 0 aliphatic carbocycles. The predicted octanol–water partition coefficient (Wildman–Crippen LogP) is 7.93. The molecule has 0 aliphatic heterocycles. The van der Waals surface area contributed by atoms with E-state index in [1.807, 2.05) is 13.0 Å². The van der Waals surface area contributed by atoms with E-state index in [0.717, 1.165) is 10.0 Å². The van der Waals surface area contributed by atoms with Crippen molar-refractivity contribution in [3.05, 3.63) is 90.8 Å². The van der Waals surface area contributed by atoms with Gasteiger partial charge in [-0.25, -0.2) is 0 Å². The van der Waals surface area contributed by atoms with Gasteiger partial charge < -0.3 is 14.8 Å². The highest BCUT2D eigenvalue weighted by Gasteiger charge is 2.15. The summed E-state index contributed by atoms with van der Waals surface area (Å²) in [5.41, 5.74) is 1.70. The molecule has 0 unspecified atom stereocenters. The summed E-state index contributed by atoms with van der Waals surface area (Å²) >= 11 is 22.0. The zero-order chi connectivity index (χ0) is 24.7. The summed E-state index contributed by atoms with van der Waals surface area (Å²) in [4.78, 5) is 12.6. The van der Waals surface area contributed by atoms with Crippen molar-refractivity contribution in [2.45, 2.75) is 13.5 Å². The lowest BCUT2D eigenvalue weighted by molar-refractivity contribution is -0.112. The number of carbonyl (C=O) groups excluding carboxylic acids is 1. The highest BCUT2D eigenvalue weighted by atomic mass is 79.9. The standard InChI is InChI=1S/C25H18BrCl3N2O3/c1-2-33-23-11-15(9-17(13-30)25(32)31-20-7-4-18(26)5-8-20)10-22(29)24(23)34-14-16-3-6-19(27)12-21(16)28/h3-12H,2,14H2,1H3,(H,31,32)/b17-9+. The van der Waals surface area contributed by atoms with E-state index in [4.69, 9.17) is 44.3 Å². The molecule has 0 fully saturated rings. The summed E-state index contributed by atoms with van der Waals surface area (Å²) in [6.45, 7) is 2.32. The monoisotopic (exact) mass is 578 g/mol. The Balaban J connectivity index is 1.85. The quantitative estimate of drug-likeness (QED) is 0.217. The Morgan fingerprint density at radius 2 is 1.79 bits per heavy atom. The Morgan fingerprint density at radius 1 is 1.06 bits per heavy atom. The van der Waals surface area contributed by atoms with Crippen LogP contribution in [-0.4, -0.2) is 12.5 Å². The first-order chi connectivity index (χ1) is 16.3. The molecule has 3 rings (SSSR count). The summed E-state index contributed by atoms with van der Waals surface area (Å²) in [6.07, 6.45) is 1.43. The molecule has 0 bridgehead atoms. The number of benzene rings is 3. The number of nitrogens with zero attached hydrogens (tertiary/aromatic N) is 1. The fourth-order valence-electron chi connectivity index (χ4n) is 2.91. The third kappa shape index (κ3) is 6.91. The van der Waals surface area contributed by atoms with Gasteiger partial charge in [-0.2, -0.15) is 5.26 Å². The van der Waals surface area contributed by atoms with Gasteiger partial charge in [0.15, 0.2) is 11.5 Å². The predicted molar refractivity (Wildman–Crippen MR) is 140 cm³/mol. The maximum absolute atomic E-state index is 12.6. The molecule has 1 amide bonds. The number of anilines is 1. The van der Waals surface area contributed by atoms with Crippen LogP contribution in [0.2, 0.25) is 15.1 Å². The summed E-state index contributed by atoms with van der Waals surface area (Å²) in [6, 6.07) is 17.3. The number of nitriles is 1. The van der Waals surface area contributed by atoms with E-state index in [1.54, 1.807) is 54.6 Å². The van der Waals surface area contributed by atoms with E-state index in [1.165, 1.54) is 6.08 Å². The largest absolute Gasteiger partial charge is 0.490 e. The number of halogens is 4. The van der Waals surface area contributed by atoms with Crippen molar-refractivity contribution in [1.29, 1.82) is 5.26 Å². The molecule has 0 atom stereocenters. The smallest absolute Gasteiger partial charge is 0.266 e. The lowest BCUT2D eigenvalue weighted by atomic mass is 10.1. The van der Waals surface area contributed by atoms with Gasteiger partial charge in [0.25, 0.3) is 5.91 Å². The van der Waals surface area contributed by atoms with Gasteiger partial charge in [-0.15, -0.1) is 0 Å². The van der Waals surface area contributed by atoms with Crippen molar-refractivity contribution in [1.82, 2.24) is 0 Å². The minimum Gasteiger partial charge on any atom is -0.490 e. The molecule has 0 aromatic heterocycles. The van der Waals surface area contributed by atoms with E-state index >= 15 is 0 Å². The van der Waals surface area contributed by atoms with Gasteiger partial charge in [0.1, 0.15) is 18.2 Å². The molecule has 3 aromatic rings. The van der Waals surface area contributed by atoms with Crippen LogP contribution < -0.4 is 14.8 Å². The van der Waals surface area contributed by atoms with Gasteiger partial charge in [-0.05, 0) is 67.1 Å². The Bertz CT molecular complexity index is 1270. The highest BCUT2D eigenvalue weighted by Crippen LogP contribution is 2.38. The van der Waals surface area contributed by atoms with Gasteiger partial charge in [0.05, 0.1) is 11.6 Å². The van der Waals surface area contributed by atoms with Crippen LogP contribution >= 0.6 is 50.7 Å². The third-order valence-electron chi connectivity index (χ3n) is 4.50. The summed E-state index contributed by atoms with van der Waals surface area (Å²) in [5.74, 6) is 0.151. The molecule has 5 nitrogen and oxygen atoms in total. The third-order valence-corrected chi connectivity index (χ3v) is 5.89. The summed E-state index contributed by atoms with van der Waals surface area (Å²) in [5, 5.41) is 13.5. The van der Waals surface area contributed by atoms with E-state index < -0.39 is 5.91 Å². The van der Waals surface area contributed by atoms with Crippen LogP contribution in [0.4, 0.5) is 5.69 Å².